The summed E-state index contributed by atoms with van der Waals surface area (Å²) in [5, 5.41) is 6.40. The van der Waals surface area contributed by atoms with E-state index in [1.807, 2.05) is 48.5 Å². The van der Waals surface area contributed by atoms with Crippen molar-refractivity contribution in [1.29, 1.82) is 0 Å². The molecule has 1 aliphatic heterocycles. The van der Waals surface area contributed by atoms with Crippen LogP contribution in [0, 0.1) is 6.92 Å². The molecule has 1 aliphatic rings. The first-order valence-electron chi connectivity index (χ1n) is 10.6. The van der Waals surface area contributed by atoms with Gasteiger partial charge in [-0.25, -0.2) is 14.8 Å². The minimum absolute atomic E-state index is 0.224. The lowest BCUT2D eigenvalue weighted by molar-refractivity contribution is 0.257. The molecule has 0 saturated carbocycles. The molecule has 0 bridgehead atoms. The number of hydrogen-bond acceptors (Lipinski definition) is 5. The Morgan fingerprint density at radius 3 is 2.81 bits per heavy atom. The normalized spacial score (nSPS) is 13.1. The van der Waals surface area contributed by atoms with Crippen LogP contribution in [-0.4, -0.2) is 29.1 Å². The molecule has 0 fully saturated rings. The molecule has 0 spiro atoms. The number of nitrogens with one attached hydrogen (secondary N) is 2. The predicted octanol–water partition coefficient (Wildman–Crippen LogP) is 5.57. The van der Waals surface area contributed by atoms with Crippen molar-refractivity contribution in [1.82, 2.24) is 9.97 Å². The van der Waals surface area contributed by atoms with Crippen LogP contribution in [-0.2, 0) is 0 Å². The molecule has 2 amide bonds. The molecular formula is C25H23N5O2. The summed E-state index contributed by atoms with van der Waals surface area (Å²) in [4.78, 5) is 23.8. The first-order chi connectivity index (χ1) is 15.7. The summed E-state index contributed by atoms with van der Waals surface area (Å²) in [5.74, 6) is 1.28. The number of amides is 2. The Hall–Kier alpha value is -4.13. The van der Waals surface area contributed by atoms with Gasteiger partial charge in [0, 0.05) is 29.9 Å². The number of hydrogen-bond donors (Lipinski definition) is 2. The third kappa shape index (κ3) is 4.05. The molecule has 5 rings (SSSR count). The minimum Gasteiger partial charge on any atom is -0.444 e. The number of carbonyl (C=O) groups is 1. The highest BCUT2D eigenvalue weighted by molar-refractivity contribution is 6.03. The number of nitrogens with zero attached hydrogens (tertiary/aromatic N) is 3. The van der Waals surface area contributed by atoms with Gasteiger partial charge in [0.25, 0.3) is 0 Å². The van der Waals surface area contributed by atoms with Gasteiger partial charge < -0.3 is 15.1 Å². The Morgan fingerprint density at radius 1 is 1.09 bits per heavy atom. The highest BCUT2D eigenvalue weighted by Gasteiger charge is 2.23. The summed E-state index contributed by atoms with van der Waals surface area (Å²) in [5.41, 5.74) is 5.40. The molecule has 0 saturated heterocycles. The van der Waals surface area contributed by atoms with Crippen molar-refractivity contribution in [2.24, 2.45) is 0 Å². The van der Waals surface area contributed by atoms with Gasteiger partial charge in [-0.15, -0.1) is 0 Å². The van der Waals surface area contributed by atoms with Crippen molar-refractivity contribution < 1.29 is 9.21 Å². The third-order valence-corrected chi connectivity index (χ3v) is 5.39. The molecule has 160 valence electrons. The maximum Gasteiger partial charge on any atom is 0.327 e. The first-order valence-corrected chi connectivity index (χ1v) is 10.6. The van der Waals surface area contributed by atoms with E-state index in [2.05, 4.69) is 34.7 Å². The first kappa shape index (κ1) is 19.8. The zero-order valence-electron chi connectivity index (χ0n) is 17.7. The van der Waals surface area contributed by atoms with E-state index < -0.39 is 0 Å². The maximum absolute atomic E-state index is 13.3. The number of pyridine rings is 1. The number of anilines is 3. The molecule has 2 aromatic heterocycles. The summed E-state index contributed by atoms with van der Waals surface area (Å²) < 4.78 is 5.37. The second kappa shape index (κ2) is 8.55. The van der Waals surface area contributed by atoms with Gasteiger partial charge in [0.05, 0.1) is 17.6 Å². The van der Waals surface area contributed by atoms with Crippen LogP contribution in [0.5, 0.6) is 0 Å². The number of benzene rings is 2. The molecular weight excluding hydrogens is 402 g/mol. The molecule has 0 radical (unpaired) electrons. The fourth-order valence-corrected chi connectivity index (χ4v) is 3.82. The van der Waals surface area contributed by atoms with E-state index in [4.69, 9.17) is 9.40 Å². The molecule has 0 unspecified atom stereocenters. The van der Waals surface area contributed by atoms with Crippen LogP contribution < -0.4 is 15.5 Å². The molecule has 2 aromatic carbocycles. The smallest absolute Gasteiger partial charge is 0.327 e. The van der Waals surface area contributed by atoms with Crippen LogP contribution in [0.3, 0.4) is 0 Å². The SMILES string of the molecule is Cc1cccc(-c2ccc3c(n2)N(C(=O)Nc2cccc(-c4cnco4)c2)CCCN3)c1. The molecule has 32 heavy (non-hydrogen) atoms. The molecule has 7 nitrogen and oxygen atoms in total. The summed E-state index contributed by atoms with van der Waals surface area (Å²) in [6.45, 7) is 3.41. The summed E-state index contributed by atoms with van der Waals surface area (Å²) >= 11 is 0. The van der Waals surface area contributed by atoms with E-state index in [-0.39, 0.29) is 6.03 Å². The summed E-state index contributed by atoms with van der Waals surface area (Å²) in [6.07, 6.45) is 3.86. The van der Waals surface area contributed by atoms with E-state index in [0.717, 1.165) is 35.5 Å². The Morgan fingerprint density at radius 2 is 1.97 bits per heavy atom. The maximum atomic E-state index is 13.3. The standard InChI is InChI=1S/C25H23N5O2/c1-17-5-2-6-18(13-17)21-9-10-22-24(29-21)30(12-4-11-27-22)25(31)28-20-8-3-7-19(14-20)23-15-26-16-32-23/h2-3,5-10,13-16,27H,4,11-12H2,1H3,(H,28,31). The van der Waals surface area contributed by atoms with Gasteiger partial charge in [-0.2, -0.15) is 0 Å². The van der Waals surface area contributed by atoms with Gasteiger partial charge in [0.15, 0.2) is 18.0 Å². The van der Waals surface area contributed by atoms with Crippen molar-refractivity contribution in [2.75, 3.05) is 28.6 Å². The number of carbonyl (C=O) groups excluding carboxylic acids is 1. The molecule has 3 heterocycles. The van der Waals surface area contributed by atoms with Gasteiger partial charge in [-0.05, 0) is 43.7 Å². The van der Waals surface area contributed by atoms with Gasteiger partial charge in [-0.3, -0.25) is 4.90 Å². The predicted molar refractivity (Wildman–Crippen MR) is 126 cm³/mol. The zero-order valence-corrected chi connectivity index (χ0v) is 17.7. The fraction of sp³-hybridized carbons (Fsp3) is 0.160. The van der Waals surface area contributed by atoms with Crippen molar-refractivity contribution in [3.63, 3.8) is 0 Å². The number of aryl methyl sites for hydroxylation is 1. The number of oxazole rings is 1. The van der Waals surface area contributed by atoms with E-state index >= 15 is 0 Å². The number of urea groups is 1. The van der Waals surface area contributed by atoms with Crippen LogP contribution in [0.1, 0.15) is 12.0 Å². The van der Waals surface area contributed by atoms with E-state index in [0.29, 0.717) is 23.8 Å². The third-order valence-electron chi connectivity index (χ3n) is 5.39. The highest BCUT2D eigenvalue weighted by atomic mass is 16.3. The summed E-state index contributed by atoms with van der Waals surface area (Å²) in [7, 11) is 0. The van der Waals surface area contributed by atoms with Crippen LogP contribution in [0.4, 0.5) is 22.0 Å². The number of aromatic nitrogens is 2. The lowest BCUT2D eigenvalue weighted by Crippen LogP contribution is -2.36. The lowest BCUT2D eigenvalue weighted by Gasteiger charge is -2.22. The Balaban J connectivity index is 1.45. The quantitative estimate of drug-likeness (QED) is 0.449. The second-order valence-electron chi connectivity index (χ2n) is 7.75. The van der Waals surface area contributed by atoms with E-state index in [1.54, 1.807) is 11.1 Å². The molecule has 2 N–H and O–H groups in total. The van der Waals surface area contributed by atoms with Gasteiger partial charge >= 0.3 is 6.03 Å². The molecule has 0 atom stereocenters. The van der Waals surface area contributed by atoms with Crippen molar-refractivity contribution in [3.8, 4) is 22.6 Å². The van der Waals surface area contributed by atoms with Crippen molar-refractivity contribution in [3.05, 3.63) is 78.8 Å². The lowest BCUT2D eigenvalue weighted by atomic mass is 10.1. The Labute approximate surface area is 186 Å². The second-order valence-corrected chi connectivity index (χ2v) is 7.75. The van der Waals surface area contributed by atoms with Gasteiger partial charge in [0.1, 0.15) is 0 Å². The average molecular weight is 425 g/mol. The highest BCUT2D eigenvalue weighted by Crippen LogP contribution is 2.31. The molecule has 0 aliphatic carbocycles. The van der Waals surface area contributed by atoms with Crippen LogP contribution in [0.2, 0.25) is 0 Å². The van der Waals surface area contributed by atoms with E-state index in [9.17, 15) is 4.79 Å². The van der Waals surface area contributed by atoms with Crippen LogP contribution in [0.15, 0.2) is 77.7 Å². The zero-order chi connectivity index (χ0) is 21.9. The number of rotatable bonds is 3. The van der Waals surface area contributed by atoms with Crippen molar-refractivity contribution in [2.45, 2.75) is 13.3 Å². The van der Waals surface area contributed by atoms with Gasteiger partial charge in [-0.1, -0.05) is 35.9 Å². The monoisotopic (exact) mass is 425 g/mol. The summed E-state index contributed by atoms with van der Waals surface area (Å²) in [6, 6.07) is 19.5. The van der Waals surface area contributed by atoms with Crippen LogP contribution >= 0.6 is 0 Å². The molecule has 4 aromatic rings. The van der Waals surface area contributed by atoms with E-state index in [1.165, 1.54) is 12.0 Å². The fourth-order valence-electron chi connectivity index (χ4n) is 3.82. The number of fused-ring (bicyclic) bond motifs is 1. The van der Waals surface area contributed by atoms with Gasteiger partial charge in [0.2, 0.25) is 0 Å². The largest absolute Gasteiger partial charge is 0.444 e. The van der Waals surface area contributed by atoms with Crippen LogP contribution in [0.25, 0.3) is 22.6 Å². The Bertz CT molecular complexity index is 1250. The molecule has 7 heteroatoms. The average Bonchev–Trinajstić information content (AvgIpc) is 3.26. The van der Waals surface area contributed by atoms with Crippen molar-refractivity contribution >= 4 is 23.2 Å². The minimum atomic E-state index is -0.224. The Kier molecular flexibility index (Phi) is 5.29. The topological polar surface area (TPSA) is 83.3 Å².